The van der Waals surface area contributed by atoms with Crippen molar-refractivity contribution >= 4 is 56.6 Å². The molecule has 8 heterocycles. The van der Waals surface area contributed by atoms with Gasteiger partial charge in [0.2, 0.25) is 17.7 Å². The second kappa shape index (κ2) is 18.3. The number of benzene rings is 3. The Morgan fingerprint density at radius 3 is 2.32 bits per heavy atom. The van der Waals surface area contributed by atoms with Crippen LogP contribution >= 0.6 is 0 Å². The van der Waals surface area contributed by atoms with Gasteiger partial charge in [0.15, 0.2) is 5.82 Å². The average molecular weight is 1030 g/mol. The molecule has 15 nitrogen and oxygen atoms in total. The van der Waals surface area contributed by atoms with Crippen LogP contribution in [0.1, 0.15) is 88.2 Å². The minimum Gasteiger partial charge on any atom is -0.508 e. The number of carbonyl (C=O) groups is 3. The van der Waals surface area contributed by atoms with Crippen molar-refractivity contribution in [3.8, 4) is 23.0 Å². The van der Waals surface area contributed by atoms with E-state index in [1.165, 1.54) is 12.1 Å². The number of fused-ring (bicyclic) bond motifs is 5. The molecule has 394 valence electrons. The van der Waals surface area contributed by atoms with Gasteiger partial charge in [-0.2, -0.15) is 9.97 Å². The third-order valence-corrected chi connectivity index (χ3v) is 18.5. The molecule has 7 fully saturated rings. The first kappa shape index (κ1) is 48.5. The fourth-order valence-corrected chi connectivity index (χ4v) is 14.4. The van der Waals surface area contributed by atoms with E-state index in [1.54, 1.807) is 30.3 Å². The van der Waals surface area contributed by atoms with Crippen LogP contribution in [0.2, 0.25) is 0 Å². The number of hydrogen-bond acceptors (Lipinski definition) is 13. The summed E-state index contributed by atoms with van der Waals surface area (Å²) in [5, 5.41) is 18.4. The molecule has 1 spiro atoms. The van der Waals surface area contributed by atoms with Gasteiger partial charge in [-0.15, -0.1) is 0 Å². The molecule has 5 saturated heterocycles. The summed E-state index contributed by atoms with van der Waals surface area (Å²) in [6.45, 7) is 9.74. The standard InChI is InChI=1S/C57H65F3N10O5/c1-3-38-43(58)10-4-33-22-37(71)24-41(46(33)38)49-48(59)50-42(25-61-49)51(70-26-34-5-6-35(27-70)62-34)65-54(64-50)75-32-56(12-13-56)30-67-16-14-55(15-17-67)28-57(60,29-55)31-68-18-20-69(21-19-68)36-7-8-39-44(23-36)66(2)53(74)47(39)40-9-11-45(72)63-52(40)73/h4,7-8,10,22-25,34-35,40,47,62,71H,3,5-6,9,11-21,26-32H2,1-2H3,(H,63,72,73). The Hall–Kier alpha value is -6.11. The summed E-state index contributed by atoms with van der Waals surface area (Å²) in [5.41, 5.74) is 2.12. The van der Waals surface area contributed by atoms with Gasteiger partial charge in [0, 0.05) is 106 Å². The quantitative estimate of drug-likeness (QED) is 0.110. The Balaban J connectivity index is 0.638. The van der Waals surface area contributed by atoms with Gasteiger partial charge in [-0.05, 0) is 135 Å². The Morgan fingerprint density at radius 2 is 1.60 bits per heavy atom. The SMILES string of the molecule is CCc1c(F)ccc2cc(O)cc(-c3ncc4c(N5CC6CCC(C5)N6)nc(OCC5(CN6CCC7(CC6)CC(F)(CN6CCN(c8ccc9c(c8)N(C)C(=O)C9C8CCC(=O)NC8=O)CC6)C7)CC5)nc4c3F)c12. The summed E-state index contributed by atoms with van der Waals surface area (Å²) >= 11 is 0. The van der Waals surface area contributed by atoms with Crippen molar-refractivity contribution < 1.29 is 37.4 Å². The molecule has 6 aliphatic heterocycles. The van der Waals surface area contributed by atoms with Crippen LogP contribution in [0, 0.1) is 28.4 Å². The zero-order valence-electron chi connectivity index (χ0n) is 42.8. The van der Waals surface area contributed by atoms with Crippen molar-refractivity contribution in [2.24, 2.45) is 16.7 Å². The Bertz CT molecular complexity index is 3140. The lowest BCUT2D eigenvalue weighted by molar-refractivity contribution is -0.139. The zero-order chi connectivity index (χ0) is 51.5. The van der Waals surface area contributed by atoms with E-state index in [2.05, 4.69) is 35.2 Å². The molecule has 0 radical (unpaired) electrons. The van der Waals surface area contributed by atoms with E-state index < -0.39 is 29.1 Å². The predicted octanol–water partition coefficient (Wildman–Crippen LogP) is 7.01. The Labute approximate surface area is 434 Å². The number of likely N-dealkylation sites (N-methyl/N-ethyl adjacent to an activating group) is 1. The number of nitrogens with one attached hydrogen (secondary N) is 2. The highest BCUT2D eigenvalue weighted by Crippen LogP contribution is 2.58. The van der Waals surface area contributed by atoms with Crippen molar-refractivity contribution in [1.29, 1.82) is 0 Å². The largest absolute Gasteiger partial charge is 0.508 e. The maximum atomic E-state index is 17.2. The minimum atomic E-state index is -1.20. The van der Waals surface area contributed by atoms with E-state index >= 15 is 13.2 Å². The first-order valence-electron chi connectivity index (χ1n) is 27.2. The maximum Gasteiger partial charge on any atom is 0.319 e. The summed E-state index contributed by atoms with van der Waals surface area (Å²) in [7, 11) is 1.74. The number of amides is 3. The number of piperazine rings is 2. The van der Waals surface area contributed by atoms with Crippen LogP contribution in [0.15, 0.2) is 48.7 Å². The fourth-order valence-electron chi connectivity index (χ4n) is 14.4. The number of aromatic hydroxyl groups is 1. The van der Waals surface area contributed by atoms with Crippen molar-refractivity contribution in [2.45, 2.75) is 101 Å². The second-order valence-electron chi connectivity index (χ2n) is 23.5. The highest BCUT2D eigenvalue weighted by atomic mass is 19.1. The molecule has 5 aromatic rings. The number of ether oxygens (including phenoxy) is 1. The van der Waals surface area contributed by atoms with Crippen molar-refractivity contribution in [2.75, 3.05) is 93.8 Å². The average Bonchev–Trinajstić information content (AvgIpc) is 4.01. The van der Waals surface area contributed by atoms with E-state index in [1.807, 2.05) is 25.1 Å². The van der Waals surface area contributed by atoms with Crippen LogP contribution in [-0.2, 0) is 20.8 Å². The zero-order valence-corrected chi connectivity index (χ0v) is 42.8. The number of pyridine rings is 1. The predicted molar refractivity (Wildman–Crippen MR) is 279 cm³/mol. The van der Waals surface area contributed by atoms with Crippen molar-refractivity contribution in [3.63, 3.8) is 0 Å². The van der Waals surface area contributed by atoms with Gasteiger partial charge in [0.1, 0.15) is 34.3 Å². The third kappa shape index (κ3) is 8.72. The van der Waals surface area contributed by atoms with E-state index in [9.17, 15) is 19.5 Å². The first-order chi connectivity index (χ1) is 36.2. The van der Waals surface area contributed by atoms with E-state index in [-0.39, 0.29) is 57.9 Å². The van der Waals surface area contributed by atoms with E-state index in [0.717, 1.165) is 101 Å². The van der Waals surface area contributed by atoms with Crippen LogP contribution in [0.3, 0.4) is 0 Å². The van der Waals surface area contributed by atoms with Gasteiger partial charge in [0.05, 0.1) is 23.8 Å². The van der Waals surface area contributed by atoms with E-state index in [0.29, 0.717) is 97.1 Å². The van der Waals surface area contributed by atoms with Crippen LogP contribution < -0.4 is 30.1 Å². The molecule has 2 saturated carbocycles. The number of aromatic nitrogens is 3. The Morgan fingerprint density at radius 1 is 0.853 bits per heavy atom. The van der Waals surface area contributed by atoms with E-state index in [4.69, 9.17) is 14.7 Å². The normalized spacial score (nSPS) is 26.0. The van der Waals surface area contributed by atoms with Gasteiger partial charge in [-0.1, -0.05) is 19.1 Å². The molecule has 18 heteroatoms. The van der Waals surface area contributed by atoms with Gasteiger partial charge >= 0.3 is 6.01 Å². The number of carbonyl (C=O) groups excluding carboxylic acids is 3. The summed E-state index contributed by atoms with van der Waals surface area (Å²) in [6.07, 6.45) is 9.76. The lowest BCUT2D eigenvalue weighted by Gasteiger charge is -2.57. The number of hydrogen-bond donors (Lipinski definition) is 3. The smallest absolute Gasteiger partial charge is 0.319 e. The number of halogens is 3. The first-order valence-corrected chi connectivity index (χ1v) is 27.2. The molecular weight excluding hydrogens is 962 g/mol. The molecule has 2 aromatic heterocycles. The molecule has 3 N–H and O–H groups in total. The van der Waals surface area contributed by atoms with Crippen LogP contribution in [-0.4, -0.2) is 144 Å². The molecule has 3 amide bonds. The second-order valence-corrected chi connectivity index (χ2v) is 23.5. The van der Waals surface area contributed by atoms with Gasteiger partial charge in [-0.3, -0.25) is 29.6 Å². The maximum absolute atomic E-state index is 17.2. The summed E-state index contributed by atoms with van der Waals surface area (Å²) < 4.78 is 55.5. The molecule has 8 aliphatic rings. The summed E-state index contributed by atoms with van der Waals surface area (Å²) in [5.74, 6) is -2.54. The van der Waals surface area contributed by atoms with Crippen LogP contribution in [0.4, 0.5) is 30.4 Å². The number of imide groups is 1. The number of phenolic OH excluding ortho intramolecular Hbond substituents is 1. The fraction of sp³-hybridized carbons (Fsp3) is 0.544. The number of nitrogens with zero attached hydrogens (tertiary/aromatic N) is 8. The van der Waals surface area contributed by atoms with Gasteiger partial charge < -0.3 is 34.8 Å². The molecular formula is C57H65F3N10O5. The number of anilines is 3. The molecule has 4 atom stereocenters. The molecule has 3 aromatic carbocycles. The molecule has 4 unspecified atom stereocenters. The topological polar surface area (TPSA) is 160 Å². The Kier molecular flexibility index (Phi) is 11.8. The number of phenols is 1. The number of piperidine rings is 2. The van der Waals surface area contributed by atoms with Crippen LogP contribution in [0.5, 0.6) is 11.8 Å². The summed E-state index contributed by atoms with van der Waals surface area (Å²) in [4.78, 5) is 63.2. The molecule has 2 aliphatic carbocycles. The lowest BCUT2D eigenvalue weighted by Crippen LogP contribution is -2.60. The van der Waals surface area contributed by atoms with Gasteiger partial charge in [-0.25, -0.2) is 13.2 Å². The van der Waals surface area contributed by atoms with Gasteiger partial charge in [0.25, 0.3) is 0 Å². The summed E-state index contributed by atoms with van der Waals surface area (Å²) in [6, 6.07) is 12.7. The number of likely N-dealkylation sites (tertiary alicyclic amines) is 1. The van der Waals surface area contributed by atoms with Crippen LogP contribution in [0.25, 0.3) is 32.9 Å². The minimum absolute atomic E-state index is 0.0213. The molecule has 75 heavy (non-hydrogen) atoms. The highest BCUT2D eigenvalue weighted by molar-refractivity contribution is 6.09. The highest BCUT2D eigenvalue weighted by Gasteiger charge is 2.57. The van der Waals surface area contributed by atoms with Crippen molar-refractivity contribution in [3.05, 3.63) is 71.4 Å². The third-order valence-electron chi connectivity index (χ3n) is 18.5. The lowest BCUT2D eigenvalue weighted by atomic mass is 9.55. The van der Waals surface area contributed by atoms with Crippen molar-refractivity contribution in [1.82, 2.24) is 35.4 Å². The number of aryl methyl sites for hydroxylation is 1. The number of rotatable bonds is 12. The molecule has 13 rings (SSSR count). The molecule has 2 bridgehead atoms. The monoisotopic (exact) mass is 1030 g/mol. The number of alkyl halides is 1.